The molecule has 3 atom stereocenters. The average Bonchev–Trinajstić information content (AvgIpc) is 2.69. The summed E-state index contributed by atoms with van der Waals surface area (Å²) in [7, 11) is 0. The second-order valence-corrected chi connectivity index (χ2v) is 9.62. The summed E-state index contributed by atoms with van der Waals surface area (Å²) < 4.78 is 154. The predicted molar refractivity (Wildman–Crippen MR) is 95.9 cm³/mol. The molecule has 0 bridgehead atoms. The molecule has 1 N–H and O–H groups in total. The Morgan fingerprint density at radius 1 is 0.941 bits per heavy atom. The SMILES string of the molecule is CCC(C)(C)C(=O)OC1(C(F)(F)F)OC(C)(C(F)(F)F)C(F)(F)C(O)(C2CCCCC2)C1(F)F. The predicted octanol–water partition coefficient (Wildman–Crippen LogP) is 6.16. The van der Waals surface area contributed by atoms with Gasteiger partial charge in [0.25, 0.3) is 0 Å². The quantitative estimate of drug-likeness (QED) is 0.357. The molecule has 3 unspecified atom stereocenters. The molecule has 0 aromatic rings. The molecule has 1 aliphatic heterocycles. The van der Waals surface area contributed by atoms with Gasteiger partial charge in [0.1, 0.15) is 0 Å². The van der Waals surface area contributed by atoms with E-state index in [4.69, 9.17) is 0 Å². The van der Waals surface area contributed by atoms with Gasteiger partial charge in [0, 0.05) is 5.92 Å². The van der Waals surface area contributed by atoms with Crippen LogP contribution in [0.15, 0.2) is 0 Å². The second kappa shape index (κ2) is 8.10. The van der Waals surface area contributed by atoms with Crippen molar-refractivity contribution in [1.82, 2.24) is 0 Å². The van der Waals surface area contributed by atoms with Crippen LogP contribution in [0.1, 0.15) is 66.2 Å². The normalized spacial score (nSPS) is 35.1. The molecular formula is C20H26F10O4. The number of ether oxygens (including phenoxy) is 2. The molecule has 2 aliphatic rings. The van der Waals surface area contributed by atoms with Gasteiger partial charge in [0.05, 0.1) is 5.41 Å². The molecule has 4 nitrogen and oxygen atoms in total. The van der Waals surface area contributed by atoms with E-state index in [2.05, 4.69) is 9.47 Å². The minimum Gasteiger partial charge on any atom is -0.417 e. The van der Waals surface area contributed by atoms with Crippen LogP contribution in [-0.2, 0) is 14.3 Å². The van der Waals surface area contributed by atoms with Crippen LogP contribution in [0, 0.1) is 11.3 Å². The van der Waals surface area contributed by atoms with Gasteiger partial charge in [-0.2, -0.15) is 43.9 Å². The molecule has 34 heavy (non-hydrogen) atoms. The molecule has 0 amide bonds. The van der Waals surface area contributed by atoms with Crippen LogP contribution >= 0.6 is 0 Å². The highest BCUT2D eigenvalue weighted by Crippen LogP contribution is 2.68. The maximum absolute atomic E-state index is 15.7. The minimum absolute atomic E-state index is 0.107. The first-order chi connectivity index (χ1) is 15.0. The van der Waals surface area contributed by atoms with Crippen molar-refractivity contribution in [3.05, 3.63) is 0 Å². The Bertz CT molecular complexity index is 787. The Hall–Kier alpha value is -1.31. The number of alkyl halides is 10. The Labute approximate surface area is 188 Å². The smallest absolute Gasteiger partial charge is 0.417 e. The topological polar surface area (TPSA) is 55.8 Å². The van der Waals surface area contributed by atoms with Gasteiger partial charge in [-0.3, -0.25) is 4.79 Å². The molecule has 2 rings (SSSR count). The lowest BCUT2D eigenvalue weighted by molar-refractivity contribution is -0.560. The van der Waals surface area contributed by atoms with E-state index in [0.717, 1.165) is 13.8 Å². The molecule has 1 heterocycles. The third-order valence-corrected chi connectivity index (χ3v) is 7.10. The maximum Gasteiger partial charge on any atom is 0.462 e. The first-order valence-electron chi connectivity index (χ1n) is 10.5. The summed E-state index contributed by atoms with van der Waals surface area (Å²) in [5.74, 6) is -22.6. The minimum atomic E-state index is -6.67. The van der Waals surface area contributed by atoms with Gasteiger partial charge in [-0.15, -0.1) is 0 Å². The summed E-state index contributed by atoms with van der Waals surface area (Å²) in [5.41, 5.74) is -12.5. The molecule has 0 aromatic heterocycles. The molecule has 0 spiro atoms. The van der Waals surface area contributed by atoms with Crippen molar-refractivity contribution < 1.29 is 63.3 Å². The number of hydrogen-bond acceptors (Lipinski definition) is 4. The first kappa shape index (κ1) is 28.9. The summed E-state index contributed by atoms with van der Waals surface area (Å²) in [4.78, 5) is 12.4. The van der Waals surface area contributed by atoms with Gasteiger partial charge in [-0.05, 0) is 40.0 Å². The number of esters is 1. The van der Waals surface area contributed by atoms with Gasteiger partial charge >= 0.3 is 36.0 Å². The third-order valence-electron chi connectivity index (χ3n) is 7.10. The van der Waals surface area contributed by atoms with Crippen LogP contribution < -0.4 is 0 Å². The van der Waals surface area contributed by atoms with Crippen molar-refractivity contribution in [2.24, 2.45) is 11.3 Å². The molecule has 14 heteroatoms. The molecule has 0 aromatic carbocycles. The van der Waals surface area contributed by atoms with Crippen LogP contribution in [0.2, 0.25) is 0 Å². The Morgan fingerprint density at radius 3 is 1.79 bits per heavy atom. The van der Waals surface area contributed by atoms with Gasteiger partial charge in [0.2, 0.25) is 11.2 Å². The van der Waals surface area contributed by atoms with E-state index < -0.39 is 78.3 Å². The zero-order valence-electron chi connectivity index (χ0n) is 18.8. The van der Waals surface area contributed by atoms with Crippen molar-refractivity contribution in [3.63, 3.8) is 0 Å². The molecule has 1 saturated heterocycles. The summed E-state index contributed by atoms with van der Waals surface area (Å²) in [6.45, 7) is 2.57. The summed E-state index contributed by atoms with van der Waals surface area (Å²) in [6, 6.07) is 0. The Balaban J connectivity index is 2.96. The average molecular weight is 520 g/mol. The van der Waals surface area contributed by atoms with E-state index in [-0.39, 0.29) is 25.7 Å². The number of halogens is 10. The van der Waals surface area contributed by atoms with E-state index in [0.29, 0.717) is 0 Å². The molecule has 1 saturated carbocycles. The fourth-order valence-corrected chi connectivity index (χ4v) is 4.29. The highest BCUT2D eigenvalue weighted by atomic mass is 19.4. The van der Waals surface area contributed by atoms with E-state index in [1.807, 2.05) is 0 Å². The largest absolute Gasteiger partial charge is 0.462 e. The highest BCUT2D eigenvalue weighted by Gasteiger charge is 2.97. The van der Waals surface area contributed by atoms with Crippen LogP contribution in [0.4, 0.5) is 43.9 Å². The number of aliphatic hydroxyl groups is 1. The summed E-state index contributed by atoms with van der Waals surface area (Å²) in [6.07, 6.45) is -14.7. The van der Waals surface area contributed by atoms with Crippen molar-refractivity contribution in [2.75, 3.05) is 0 Å². The lowest BCUT2D eigenvalue weighted by atomic mass is 9.62. The van der Waals surface area contributed by atoms with Gasteiger partial charge in [-0.1, -0.05) is 26.2 Å². The number of carbonyl (C=O) groups excluding carboxylic acids is 1. The van der Waals surface area contributed by atoms with Crippen LogP contribution in [0.3, 0.4) is 0 Å². The standard InChI is InChI=1S/C20H26F10O4/c1-5-13(2,3)12(31)33-18(20(28,29)30)17(23,24)15(32,11-9-7-6-8-10-11)16(21,22)14(4,34-18)19(25,26)27/h11,32H,5-10H2,1-4H3. The van der Waals surface area contributed by atoms with E-state index in [1.54, 1.807) is 0 Å². The number of hydrogen-bond donors (Lipinski definition) is 1. The zero-order valence-corrected chi connectivity index (χ0v) is 18.8. The summed E-state index contributed by atoms with van der Waals surface area (Å²) in [5, 5.41) is 10.8. The molecule has 2 fully saturated rings. The fraction of sp³-hybridized carbons (Fsp3) is 0.950. The van der Waals surface area contributed by atoms with Crippen molar-refractivity contribution >= 4 is 5.97 Å². The molecule has 200 valence electrons. The Morgan fingerprint density at radius 2 is 1.41 bits per heavy atom. The van der Waals surface area contributed by atoms with E-state index in [9.17, 15) is 36.2 Å². The van der Waals surface area contributed by atoms with Crippen molar-refractivity contribution in [2.45, 2.75) is 107 Å². The monoisotopic (exact) mass is 520 g/mol. The molecule has 1 aliphatic carbocycles. The molecular weight excluding hydrogens is 494 g/mol. The van der Waals surface area contributed by atoms with Crippen LogP contribution in [-0.4, -0.2) is 52.3 Å². The second-order valence-electron chi connectivity index (χ2n) is 9.62. The number of rotatable bonds is 4. The van der Waals surface area contributed by atoms with Gasteiger partial charge in [0.15, 0.2) is 0 Å². The maximum atomic E-state index is 15.7. The van der Waals surface area contributed by atoms with Crippen molar-refractivity contribution in [3.8, 4) is 0 Å². The fourth-order valence-electron chi connectivity index (χ4n) is 4.29. The third kappa shape index (κ3) is 3.60. The molecule has 0 radical (unpaired) electrons. The summed E-state index contributed by atoms with van der Waals surface area (Å²) >= 11 is 0. The van der Waals surface area contributed by atoms with Gasteiger partial charge in [-0.25, -0.2) is 0 Å². The zero-order chi connectivity index (χ0) is 26.8. The first-order valence-corrected chi connectivity index (χ1v) is 10.5. The lowest BCUT2D eigenvalue weighted by Gasteiger charge is -2.61. The van der Waals surface area contributed by atoms with E-state index in [1.165, 1.54) is 6.92 Å². The van der Waals surface area contributed by atoms with Gasteiger partial charge < -0.3 is 14.6 Å². The van der Waals surface area contributed by atoms with Crippen LogP contribution in [0.5, 0.6) is 0 Å². The highest BCUT2D eigenvalue weighted by molar-refractivity contribution is 5.76. The van der Waals surface area contributed by atoms with Crippen molar-refractivity contribution in [1.29, 1.82) is 0 Å². The number of carbonyl (C=O) groups is 1. The van der Waals surface area contributed by atoms with E-state index >= 15 is 17.6 Å². The van der Waals surface area contributed by atoms with Crippen LogP contribution in [0.25, 0.3) is 0 Å². The lowest BCUT2D eigenvalue weighted by Crippen LogP contribution is -2.88. The Kier molecular flexibility index (Phi) is 6.89.